The molecule has 1 aliphatic heterocycles. The topological polar surface area (TPSA) is 59.2 Å². The van der Waals surface area contributed by atoms with E-state index in [-0.39, 0.29) is 11.9 Å². The number of likely N-dealkylation sites (tertiary alicyclic amines) is 1. The van der Waals surface area contributed by atoms with E-state index in [9.17, 15) is 4.79 Å². The molecule has 24 heavy (non-hydrogen) atoms. The van der Waals surface area contributed by atoms with Crippen LogP contribution in [-0.4, -0.2) is 27.5 Å². The summed E-state index contributed by atoms with van der Waals surface area (Å²) < 4.78 is 5.51. The van der Waals surface area contributed by atoms with Crippen molar-refractivity contribution in [2.75, 3.05) is 6.54 Å². The lowest BCUT2D eigenvalue weighted by Gasteiger charge is -2.33. The number of carbonyl (C=O) groups is 1. The molecule has 0 unspecified atom stereocenters. The van der Waals surface area contributed by atoms with Gasteiger partial charge in [0.1, 0.15) is 6.04 Å². The molecule has 1 aromatic carbocycles. The molecule has 1 aliphatic rings. The quantitative estimate of drug-likeness (QED) is 0.739. The maximum absolute atomic E-state index is 12.6. The molecule has 0 radical (unpaired) electrons. The van der Waals surface area contributed by atoms with E-state index in [1.54, 1.807) is 0 Å². The van der Waals surface area contributed by atoms with Crippen molar-refractivity contribution in [2.45, 2.75) is 57.9 Å². The SMILES string of the molecule is CCCCCC(=O)N1CCCC[C@H]1c1nc(-c2ccccc2)no1. The lowest BCUT2D eigenvalue weighted by Crippen LogP contribution is -2.38. The van der Waals surface area contributed by atoms with Crippen LogP contribution in [0.1, 0.15) is 63.8 Å². The first-order valence-electron chi connectivity index (χ1n) is 8.98. The van der Waals surface area contributed by atoms with Crippen LogP contribution in [0.15, 0.2) is 34.9 Å². The highest BCUT2D eigenvalue weighted by Crippen LogP contribution is 2.31. The third-order valence-corrected chi connectivity index (χ3v) is 4.58. The maximum Gasteiger partial charge on any atom is 0.249 e. The molecule has 1 fully saturated rings. The molecule has 5 nitrogen and oxygen atoms in total. The van der Waals surface area contributed by atoms with E-state index in [1.807, 2.05) is 35.2 Å². The summed E-state index contributed by atoms with van der Waals surface area (Å²) in [4.78, 5) is 19.1. The Morgan fingerprint density at radius 2 is 2.08 bits per heavy atom. The maximum atomic E-state index is 12.6. The standard InChI is InChI=1S/C19H25N3O2/c1-2-3-5-13-17(23)22-14-9-8-12-16(22)19-20-18(21-24-19)15-10-6-4-7-11-15/h4,6-7,10-11,16H,2-3,5,8-9,12-14H2,1H3/t16-/m0/s1. The van der Waals surface area contributed by atoms with Crippen LogP contribution in [-0.2, 0) is 4.79 Å². The van der Waals surface area contributed by atoms with Crippen molar-refractivity contribution in [2.24, 2.45) is 0 Å². The minimum atomic E-state index is -0.0714. The molecule has 0 bridgehead atoms. The number of nitrogens with zero attached hydrogens (tertiary/aromatic N) is 3. The summed E-state index contributed by atoms with van der Waals surface area (Å²) in [7, 11) is 0. The Bertz CT molecular complexity index is 654. The zero-order chi connectivity index (χ0) is 16.8. The van der Waals surface area contributed by atoms with Gasteiger partial charge < -0.3 is 9.42 Å². The predicted molar refractivity (Wildman–Crippen MR) is 92.2 cm³/mol. The van der Waals surface area contributed by atoms with Crippen LogP contribution in [0.5, 0.6) is 0 Å². The summed E-state index contributed by atoms with van der Waals surface area (Å²) in [6, 6.07) is 9.72. The first-order valence-corrected chi connectivity index (χ1v) is 8.98. The third kappa shape index (κ3) is 3.83. The third-order valence-electron chi connectivity index (χ3n) is 4.58. The summed E-state index contributed by atoms with van der Waals surface area (Å²) in [5.74, 6) is 1.37. The molecule has 0 N–H and O–H groups in total. The normalized spacial score (nSPS) is 17.9. The highest BCUT2D eigenvalue weighted by molar-refractivity contribution is 5.76. The molecule has 1 atom stereocenters. The van der Waals surface area contributed by atoms with Gasteiger partial charge in [-0.15, -0.1) is 0 Å². The molecular weight excluding hydrogens is 302 g/mol. The van der Waals surface area contributed by atoms with Gasteiger partial charge in [0.2, 0.25) is 17.6 Å². The Morgan fingerprint density at radius 3 is 2.88 bits per heavy atom. The summed E-state index contributed by atoms with van der Waals surface area (Å²) in [6.45, 7) is 2.94. The average molecular weight is 327 g/mol. The highest BCUT2D eigenvalue weighted by Gasteiger charge is 2.31. The molecular formula is C19H25N3O2. The number of benzene rings is 1. The van der Waals surface area contributed by atoms with Gasteiger partial charge in [0.05, 0.1) is 0 Å². The second kappa shape index (κ2) is 8.08. The van der Waals surface area contributed by atoms with Gasteiger partial charge in [-0.1, -0.05) is 55.3 Å². The predicted octanol–water partition coefficient (Wildman–Crippen LogP) is 4.37. The van der Waals surface area contributed by atoms with Gasteiger partial charge in [0.15, 0.2) is 0 Å². The molecule has 0 spiro atoms. The van der Waals surface area contributed by atoms with E-state index in [0.29, 0.717) is 18.1 Å². The van der Waals surface area contributed by atoms with Gasteiger partial charge >= 0.3 is 0 Å². The largest absolute Gasteiger partial charge is 0.337 e. The first-order chi connectivity index (χ1) is 11.8. The summed E-state index contributed by atoms with van der Waals surface area (Å²) in [6.07, 6.45) is 6.84. The zero-order valence-electron chi connectivity index (χ0n) is 14.3. The van der Waals surface area contributed by atoms with E-state index >= 15 is 0 Å². The van der Waals surface area contributed by atoms with Crippen molar-refractivity contribution < 1.29 is 9.32 Å². The lowest BCUT2D eigenvalue weighted by molar-refractivity contribution is -0.135. The van der Waals surface area contributed by atoms with Crippen molar-refractivity contribution >= 4 is 5.91 Å². The van der Waals surface area contributed by atoms with Gasteiger partial charge in [-0.2, -0.15) is 4.98 Å². The summed E-state index contributed by atoms with van der Waals surface area (Å²) in [5, 5.41) is 4.11. The second-order valence-corrected chi connectivity index (χ2v) is 6.38. The van der Waals surface area contributed by atoms with Crippen LogP contribution in [0.2, 0.25) is 0 Å². The number of hydrogen-bond donors (Lipinski definition) is 0. The van der Waals surface area contributed by atoms with Crippen LogP contribution in [0.4, 0.5) is 0 Å². The fourth-order valence-corrected chi connectivity index (χ4v) is 3.23. The van der Waals surface area contributed by atoms with E-state index in [1.165, 1.54) is 0 Å². The van der Waals surface area contributed by atoms with Crippen LogP contribution in [0.25, 0.3) is 11.4 Å². The molecule has 3 rings (SSSR count). The Hall–Kier alpha value is -2.17. The Balaban J connectivity index is 1.74. The van der Waals surface area contributed by atoms with E-state index < -0.39 is 0 Å². The van der Waals surface area contributed by atoms with Crippen LogP contribution in [0, 0.1) is 0 Å². The number of aromatic nitrogens is 2. The van der Waals surface area contributed by atoms with Gasteiger partial charge in [-0.05, 0) is 25.7 Å². The van der Waals surface area contributed by atoms with Crippen LogP contribution < -0.4 is 0 Å². The number of amides is 1. The minimum absolute atomic E-state index is 0.0714. The molecule has 1 amide bonds. The van der Waals surface area contributed by atoms with Gasteiger partial charge in [0, 0.05) is 18.5 Å². The highest BCUT2D eigenvalue weighted by atomic mass is 16.5. The number of rotatable bonds is 6. The molecule has 128 valence electrons. The molecule has 2 heterocycles. The molecule has 0 saturated carbocycles. The number of carbonyl (C=O) groups excluding carboxylic acids is 1. The number of hydrogen-bond acceptors (Lipinski definition) is 4. The summed E-state index contributed by atoms with van der Waals surface area (Å²) >= 11 is 0. The zero-order valence-corrected chi connectivity index (χ0v) is 14.3. The van der Waals surface area contributed by atoms with Crippen molar-refractivity contribution in [1.29, 1.82) is 0 Å². The second-order valence-electron chi connectivity index (χ2n) is 6.38. The molecule has 1 aromatic heterocycles. The molecule has 1 saturated heterocycles. The van der Waals surface area contributed by atoms with E-state index in [2.05, 4.69) is 17.1 Å². The fourth-order valence-electron chi connectivity index (χ4n) is 3.23. The molecule has 0 aliphatic carbocycles. The monoisotopic (exact) mass is 327 g/mol. The van der Waals surface area contributed by atoms with Crippen LogP contribution in [0.3, 0.4) is 0 Å². The number of unbranched alkanes of at least 4 members (excludes halogenated alkanes) is 2. The van der Waals surface area contributed by atoms with E-state index in [0.717, 1.165) is 50.6 Å². The average Bonchev–Trinajstić information content (AvgIpc) is 3.12. The first kappa shape index (κ1) is 16.7. The lowest BCUT2D eigenvalue weighted by atomic mass is 10.0. The van der Waals surface area contributed by atoms with Gasteiger partial charge in [-0.3, -0.25) is 4.79 Å². The molecule has 2 aromatic rings. The molecule has 5 heteroatoms. The Morgan fingerprint density at radius 1 is 1.25 bits per heavy atom. The number of piperidine rings is 1. The summed E-state index contributed by atoms with van der Waals surface area (Å²) in [5.41, 5.74) is 0.934. The van der Waals surface area contributed by atoms with Gasteiger partial charge in [0.25, 0.3) is 0 Å². The fraction of sp³-hybridized carbons (Fsp3) is 0.526. The van der Waals surface area contributed by atoms with Crippen molar-refractivity contribution in [3.05, 3.63) is 36.2 Å². The Labute approximate surface area is 143 Å². The van der Waals surface area contributed by atoms with Crippen molar-refractivity contribution in [1.82, 2.24) is 15.0 Å². The van der Waals surface area contributed by atoms with Gasteiger partial charge in [-0.25, -0.2) is 0 Å². The smallest absolute Gasteiger partial charge is 0.249 e. The van der Waals surface area contributed by atoms with Crippen LogP contribution >= 0.6 is 0 Å². The minimum Gasteiger partial charge on any atom is -0.337 e. The Kier molecular flexibility index (Phi) is 5.62. The van der Waals surface area contributed by atoms with Crippen molar-refractivity contribution in [3.63, 3.8) is 0 Å². The van der Waals surface area contributed by atoms with E-state index in [4.69, 9.17) is 4.52 Å². The van der Waals surface area contributed by atoms with Crippen molar-refractivity contribution in [3.8, 4) is 11.4 Å².